The predicted molar refractivity (Wildman–Crippen MR) is 75.0 cm³/mol. The van der Waals surface area contributed by atoms with E-state index >= 15 is 0 Å². The van der Waals surface area contributed by atoms with Crippen molar-refractivity contribution in [3.63, 3.8) is 0 Å². The van der Waals surface area contributed by atoms with E-state index in [0.717, 1.165) is 38.2 Å². The van der Waals surface area contributed by atoms with Gasteiger partial charge in [0.2, 0.25) is 0 Å². The van der Waals surface area contributed by atoms with Gasteiger partial charge in [0.1, 0.15) is 5.82 Å². The van der Waals surface area contributed by atoms with Gasteiger partial charge >= 0.3 is 0 Å². The van der Waals surface area contributed by atoms with Crippen molar-refractivity contribution in [2.45, 2.75) is 63.6 Å². The van der Waals surface area contributed by atoms with Crippen LogP contribution in [0.1, 0.15) is 44.9 Å². The molecule has 19 heavy (non-hydrogen) atoms. The second-order valence-electron chi connectivity index (χ2n) is 6.22. The SMILES string of the molecule is CCCn1ccnc1CC1(O)CCN2CCCC2C1. The van der Waals surface area contributed by atoms with E-state index in [4.69, 9.17) is 0 Å². The molecule has 2 fully saturated rings. The fourth-order valence-electron chi connectivity index (χ4n) is 3.72. The maximum absolute atomic E-state index is 10.9. The molecular weight excluding hydrogens is 238 g/mol. The lowest BCUT2D eigenvalue weighted by Gasteiger charge is -2.40. The van der Waals surface area contributed by atoms with E-state index in [1.165, 1.54) is 19.4 Å². The lowest BCUT2D eigenvalue weighted by atomic mass is 9.84. The molecule has 2 aliphatic rings. The zero-order valence-electron chi connectivity index (χ0n) is 11.9. The monoisotopic (exact) mass is 263 g/mol. The van der Waals surface area contributed by atoms with Crippen molar-refractivity contribution in [1.82, 2.24) is 14.5 Å². The average molecular weight is 263 g/mol. The molecule has 106 valence electrons. The molecule has 0 aromatic carbocycles. The largest absolute Gasteiger partial charge is 0.389 e. The molecule has 0 amide bonds. The number of aliphatic hydroxyl groups is 1. The summed E-state index contributed by atoms with van der Waals surface area (Å²) in [6.07, 6.45) is 10.1. The number of hydrogen-bond acceptors (Lipinski definition) is 3. The van der Waals surface area contributed by atoms with E-state index in [1.807, 2.05) is 12.4 Å². The third kappa shape index (κ3) is 2.70. The van der Waals surface area contributed by atoms with Gasteiger partial charge in [0.15, 0.2) is 0 Å². The van der Waals surface area contributed by atoms with E-state index in [-0.39, 0.29) is 0 Å². The van der Waals surface area contributed by atoms with Crippen LogP contribution in [0.3, 0.4) is 0 Å². The zero-order chi connectivity index (χ0) is 13.3. The smallest absolute Gasteiger partial charge is 0.111 e. The number of fused-ring (bicyclic) bond motifs is 1. The summed E-state index contributed by atoms with van der Waals surface area (Å²) in [5.74, 6) is 1.05. The van der Waals surface area contributed by atoms with Crippen molar-refractivity contribution in [1.29, 1.82) is 0 Å². The normalized spacial score (nSPS) is 31.6. The summed E-state index contributed by atoms with van der Waals surface area (Å²) >= 11 is 0. The van der Waals surface area contributed by atoms with E-state index in [0.29, 0.717) is 12.5 Å². The Kier molecular flexibility index (Phi) is 3.63. The van der Waals surface area contributed by atoms with Gasteiger partial charge in [-0.25, -0.2) is 4.98 Å². The van der Waals surface area contributed by atoms with Crippen molar-refractivity contribution < 1.29 is 5.11 Å². The van der Waals surface area contributed by atoms with Crippen molar-refractivity contribution in [3.05, 3.63) is 18.2 Å². The molecule has 3 heterocycles. The van der Waals surface area contributed by atoms with Crippen molar-refractivity contribution in [2.24, 2.45) is 0 Å². The third-order valence-corrected chi connectivity index (χ3v) is 4.73. The molecule has 0 saturated carbocycles. The van der Waals surface area contributed by atoms with Crippen LogP contribution in [0.25, 0.3) is 0 Å². The minimum atomic E-state index is -0.539. The van der Waals surface area contributed by atoms with E-state index in [2.05, 4.69) is 21.4 Å². The zero-order valence-corrected chi connectivity index (χ0v) is 11.9. The van der Waals surface area contributed by atoms with Crippen LogP contribution in [0, 0.1) is 0 Å². The van der Waals surface area contributed by atoms with Gasteiger partial charge in [-0.2, -0.15) is 0 Å². The summed E-state index contributed by atoms with van der Waals surface area (Å²) in [6, 6.07) is 0.605. The number of rotatable bonds is 4. The van der Waals surface area contributed by atoms with E-state index in [9.17, 15) is 5.11 Å². The lowest BCUT2D eigenvalue weighted by molar-refractivity contribution is -0.0372. The van der Waals surface area contributed by atoms with Gasteiger partial charge in [-0.05, 0) is 38.6 Å². The molecule has 0 bridgehead atoms. The lowest BCUT2D eigenvalue weighted by Crippen LogP contribution is -2.49. The summed E-state index contributed by atoms with van der Waals surface area (Å²) < 4.78 is 2.19. The molecule has 2 saturated heterocycles. The number of aryl methyl sites for hydroxylation is 1. The van der Waals surface area contributed by atoms with Crippen LogP contribution in [-0.4, -0.2) is 44.3 Å². The Morgan fingerprint density at radius 3 is 3.21 bits per heavy atom. The van der Waals surface area contributed by atoms with Crippen LogP contribution >= 0.6 is 0 Å². The first kappa shape index (κ1) is 13.1. The Bertz CT molecular complexity index is 431. The molecule has 2 unspecified atom stereocenters. The number of nitrogens with zero attached hydrogens (tertiary/aromatic N) is 3. The highest BCUT2D eigenvalue weighted by atomic mass is 16.3. The molecule has 0 spiro atoms. The summed E-state index contributed by atoms with van der Waals surface area (Å²) in [7, 11) is 0. The van der Waals surface area contributed by atoms with Crippen molar-refractivity contribution >= 4 is 0 Å². The first-order valence-electron chi connectivity index (χ1n) is 7.67. The molecule has 1 aromatic rings. The van der Waals surface area contributed by atoms with Gasteiger partial charge in [-0.3, -0.25) is 0 Å². The summed E-state index contributed by atoms with van der Waals surface area (Å²) in [4.78, 5) is 7.00. The van der Waals surface area contributed by atoms with Gasteiger partial charge in [-0.1, -0.05) is 6.92 Å². The van der Waals surface area contributed by atoms with Gasteiger partial charge in [-0.15, -0.1) is 0 Å². The van der Waals surface area contributed by atoms with Crippen LogP contribution in [0.4, 0.5) is 0 Å². The number of hydrogen-bond donors (Lipinski definition) is 1. The van der Waals surface area contributed by atoms with Gasteiger partial charge in [0.05, 0.1) is 5.60 Å². The molecule has 0 radical (unpaired) electrons. The predicted octanol–water partition coefficient (Wildman–Crippen LogP) is 1.82. The van der Waals surface area contributed by atoms with Crippen LogP contribution < -0.4 is 0 Å². The second-order valence-corrected chi connectivity index (χ2v) is 6.22. The topological polar surface area (TPSA) is 41.3 Å². The molecule has 3 rings (SSSR count). The molecule has 4 nitrogen and oxygen atoms in total. The Morgan fingerprint density at radius 1 is 1.47 bits per heavy atom. The molecule has 2 aliphatic heterocycles. The molecule has 1 N–H and O–H groups in total. The van der Waals surface area contributed by atoms with Crippen LogP contribution in [0.15, 0.2) is 12.4 Å². The quantitative estimate of drug-likeness (QED) is 0.901. The van der Waals surface area contributed by atoms with Crippen LogP contribution in [-0.2, 0) is 13.0 Å². The Balaban J connectivity index is 1.69. The first-order chi connectivity index (χ1) is 9.20. The molecule has 4 heteroatoms. The highest BCUT2D eigenvalue weighted by Gasteiger charge is 2.40. The summed E-state index contributed by atoms with van der Waals surface area (Å²) in [5, 5.41) is 10.9. The standard InChI is InChI=1S/C15H25N3O/c1-2-7-18-10-6-16-14(18)12-15(19)5-9-17-8-3-4-13(17)11-15/h6,10,13,19H,2-5,7-9,11-12H2,1H3. The molecule has 1 aromatic heterocycles. The first-order valence-corrected chi connectivity index (χ1v) is 7.67. The maximum atomic E-state index is 10.9. The van der Waals surface area contributed by atoms with Gasteiger partial charge in [0, 0.05) is 37.9 Å². The van der Waals surface area contributed by atoms with Gasteiger partial charge in [0.25, 0.3) is 0 Å². The van der Waals surface area contributed by atoms with Crippen molar-refractivity contribution in [2.75, 3.05) is 13.1 Å². The van der Waals surface area contributed by atoms with E-state index in [1.54, 1.807) is 0 Å². The Morgan fingerprint density at radius 2 is 2.37 bits per heavy atom. The Hall–Kier alpha value is -0.870. The fourth-order valence-corrected chi connectivity index (χ4v) is 3.72. The third-order valence-electron chi connectivity index (χ3n) is 4.73. The van der Waals surface area contributed by atoms with Gasteiger partial charge < -0.3 is 14.6 Å². The minimum Gasteiger partial charge on any atom is -0.389 e. The number of aromatic nitrogens is 2. The highest BCUT2D eigenvalue weighted by molar-refractivity contribution is 5.03. The fraction of sp³-hybridized carbons (Fsp3) is 0.800. The minimum absolute atomic E-state index is 0.539. The number of imidazole rings is 1. The van der Waals surface area contributed by atoms with Crippen LogP contribution in [0.2, 0.25) is 0 Å². The number of piperidine rings is 1. The highest BCUT2D eigenvalue weighted by Crippen LogP contribution is 2.34. The maximum Gasteiger partial charge on any atom is 0.111 e. The second kappa shape index (κ2) is 5.25. The summed E-state index contributed by atoms with van der Waals surface area (Å²) in [5.41, 5.74) is -0.539. The summed E-state index contributed by atoms with van der Waals surface area (Å²) in [6.45, 7) is 5.46. The molecule has 0 aliphatic carbocycles. The molecule has 2 atom stereocenters. The Labute approximate surface area is 115 Å². The van der Waals surface area contributed by atoms with Crippen LogP contribution in [0.5, 0.6) is 0 Å². The van der Waals surface area contributed by atoms with Crippen molar-refractivity contribution in [3.8, 4) is 0 Å². The molecular formula is C15H25N3O. The average Bonchev–Trinajstić information content (AvgIpc) is 2.99. The van der Waals surface area contributed by atoms with E-state index < -0.39 is 5.60 Å².